The summed E-state index contributed by atoms with van der Waals surface area (Å²) in [5.41, 5.74) is 0. The first-order chi connectivity index (χ1) is 6.68. The molecule has 5 nitrogen and oxygen atoms in total. The lowest BCUT2D eigenvalue weighted by Crippen LogP contribution is -2.86. The predicted molar refractivity (Wildman–Crippen MR) is 50.7 cm³/mol. The maximum atomic E-state index is 9.26. The van der Waals surface area contributed by atoms with E-state index >= 15 is 0 Å². The molecule has 0 fully saturated rings. The molecular formula is C9H21NO4. The van der Waals surface area contributed by atoms with E-state index < -0.39 is 5.97 Å². The molecule has 0 atom stereocenters. The van der Waals surface area contributed by atoms with E-state index in [2.05, 4.69) is 5.32 Å². The highest BCUT2D eigenvalue weighted by Crippen LogP contribution is 1.62. The van der Waals surface area contributed by atoms with Gasteiger partial charge in [-0.15, -0.1) is 0 Å². The highest BCUT2D eigenvalue weighted by molar-refractivity contribution is 5.63. The summed E-state index contributed by atoms with van der Waals surface area (Å²) in [5.74, 6) is -0.995. The van der Waals surface area contributed by atoms with Gasteiger partial charge >= 0.3 is 0 Å². The third-order valence-electron chi connectivity index (χ3n) is 1.34. The van der Waals surface area contributed by atoms with Crippen molar-refractivity contribution in [1.82, 2.24) is 0 Å². The summed E-state index contributed by atoms with van der Waals surface area (Å²) in [6, 6.07) is 0. The van der Waals surface area contributed by atoms with E-state index in [-0.39, 0.29) is 6.42 Å². The number of carboxylic acid groups (broad SMARTS) is 1. The van der Waals surface area contributed by atoms with E-state index in [1.807, 2.05) is 0 Å². The Bertz CT molecular complexity index is 113. The minimum atomic E-state index is -0.995. The molecule has 0 aliphatic rings. The molecule has 0 spiro atoms. The minimum absolute atomic E-state index is 0.111. The quantitative estimate of drug-likeness (QED) is 0.489. The smallest absolute Gasteiger partial charge is 0.0993 e. The number of carbonyl (C=O) groups is 1. The Morgan fingerprint density at radius 3 is 1.79 bits per heavy atom. The molecule has 0 aromatic heterocycles. The van der Waals surface area contributed by atoms with E-state index in [1.54, 1.807) is 14.2 Å². The van der Waals surface area contributed by atoms with E-state index in [0.29, 0.717) is 0 Å². The Kier molecular flexibility index (Phi) is 16.8. The molecule has 0 aliphatic carbocycles. The number of carboxylic acids is 1. The molecule has 14 heavy (non-hydrogen) atoms. The number of methoxy groups -OCH3 is 2. The van der Waals surface area contributed by atoms with E-state index in [0.717, 1.165) is 26.3 Å². The van der Waals surface area contributed by atoms with Crippen LogP contribution in [0.15, 0.2) is 0 Å². The minimum Gasteiger partial charge on any atom is -0.550 e. The first-order valence-electron chi connectivity index (χ1n) is 4.68. The van der Waals surface area contributed by atoms with Crippen molar-refractivity contribution in [3.05, 3.63) is 0 Å². The van der Waals surface area contributed by atoms with E-state index in [9.17, 15) is 9.90 Å². The Hall–Kier alpha value is -0.650. The fraction of sp³-hybridized carbons (Fsp3) is 0.889. The summed E-state index contributed by atoms with van der Waals surface area (Å²) >= 11 is 0. The fourth-order valence-corrected chi connectivity index (χ4v) is 0.547. The third kappa shape index (κ3) is 22.5. The zero-order valence-electron chi connectivity index (χ0n) is 9.25. The molecule has 0 saturated heterocycles. The monoisotopic (exact) mass is 207 g/mol. The number of nitrogens with two attached hydrogens (primary N) is 1. The van der Waals surface area contributed by atoms with Crippen LogP contribution < -0.4 is 10.4 Å². The van der Waals surface area contributed by atoms with Crippen molar-refractivity contribution in [2.45, 2.75) is 13.3 Å². The standard InChI is InChI=1S/C6H15NO2.C3H6O2/c1-8-5-3-7-4-6-9-2;1-2-3(4)5/h7H,3-6H2,1-2H3;2H2,1H3,(H,4,5). The van der Waals surface area contributed by atoms with Gasteiger partial charge in [0.05, 0.1) is 26.3 Å². The van der Waals surface area contributed by atoms with Crippen LogP contribution in [-0.4, -0.2) is 46.5 Å². The average Bonchev–Trinajstić information content (AvgIpc) is 2.19. The summed E-state index contributed by atoms with van der Waals surface area (Å²) < 4.78 is 9.70. The van der Waals surface area contributed by atoms with Gasteiger partial charge < -0.3 is 24.7 Å². The molecule has 5 heteroatoms. The molecule has 2 N–H and O–H groups in total. The maximum absolute atomic E-state index is 9.26. The summed E-state index contributed by atoms with van der Waals surface area (Å²) in [4.78, 5) is 9.26. The molecule has 0 heterocycles. The summed E-state index contributed by atoms with van der Waals surface area (Å²) in [5, 5.41) is 11.4. The van der Waals surface area contributed by atoms with Gasteiger partial charge in [0.1, 0.15) is 0 Å². The van der Waals surface area contributed by atoms with Crippen molar-refractivity contribution in [1.29, 1.82) is 0 Å². The molecule has 0 radical (unpaired) electrons. The predicted octanol–water partition coefficient (Wildman–Crippen LogP) is -2.01. The van der Waals surface area contributed by atoms with Crippen LogP contribution in [-0.2, 0) is 14.3 Å². The normalized spacial score (nSPS) is 9.07. The first-order valence-corrected chi connectivity index (χ1v) is 4.68. The SMILES string of the molecule is CCC(=O)[O-].COCC[NH2+]CCOC. The van der Waals surface area contributed by atoms with Crippen molar-refractivity contribution in [2.24, 2.45) is 0 Å². The van der Waals surface area contributed by atoms with Crippen LogP contribution >= 0.6 is 0 Å². The lowest BCUT2D eigenvalue weighted by Gasteiger charge is -1.98. The van der Waals surface area contributed by atoms with Crippen LogP contribution in [0.1, 0.15) is 13.3 Å². The van der Waals surface area contributed by atoms with Crippen LogP contribution in [0.2, 0.25) is 0 Å². The Balaban J connectivity index is 0. The summed E-state index contributed by atoms with van der Waals surface area (Å²) in [7, 11) is 3.42. The molecule has 0 amide bonds. The van der Waals surface area contributed by atoms with Gasteiger partial charge in [0.15, 0.2) is 0 Å². The highest BCUT2D eigenvalue weighted by Gasteiger charge is 1.86. The Morgan fingerprint density at radius 2 is 1.57 bits per heavy atom. The zero-order chi connectivity index (χ0) is 11.2. The van der Waals surface area contributed by atoms with Gasteiger partial charge in [0.25, 0.3) is 0 Å². The second-order valence-electron chi connectivity index (χ2n) is 2.58. The third-order valence-corrected chi connectivity index (χ3v) is 1.34. The van der Waals surface area contributed by atoms with Crippen molar-refractivity contribution in [3.8, 4) is 0 Å². The van der Waals surface area contributed by atoms with Gasteiger partial charge in [-0.25, -0.2) is 0 Å². The summed E-state index contributed by atoms with van der Waals surface area (Å²) in [6.45, 7) is 5.24. The number of aliphatic carboxylic acids is 1. The molecule has 0 aliphatic heterocycles. The molecule has 0 aromatic carbocycles. The lowest BCUT2D eigenvalue weighted by molar-refractivity contribution is -0.657. The van der Waals surface area contributed by atoms with Crippen LogP contribution in [0.3, 0.4) is 0 Å². The van der Waals surface area contributed by atoms with Crippen molar-refractivity contribution >= 4 is 5.97 Å². The molecule has 0 bridgehead atoms. The zero-order valence-corrected chi connectivity index (χ0v) is 9.25. The lowest BCUT2D eigenvalue weighted by atomic mass is 10.5. The van der Waals surface area contributed by atoms with E-state index in [4.69, 9.17) is 9.47 Å². The fourth-order valence-electron chi connectivity index (χ4n) is 0.547. The number of hydrogen-bond acceptors (Lipinski definition) is 4. The van der Waals surface area contributed by atoms with Gasteiger partial charge in [-0.05, 0) is 6.42 Å². The van der Waals surface area contributed by atoms with Crippen molar-refractivity contribution in [3.63, 3.8) is 0 Å². The highest BCUT2D eigenvalue weighted by atomic mass is 16.5. The molecule has 0 rings (SSSR count). The number of rotatable bonds is 7. The topological polar surface area (TPSA) is 75.2 Å². The first kappa shape index (κ1) is 15.8. The van der Waals surface area contributed by atoms with Gasteiger partial charge in [-0.3, -0.25) is 0 Å². The number of ether oxygens (including phenoxy) is 2. The van der Waals surface area contributed by atoms with Gasteiger partial charge in [0.2, 0.25) is 0 Å². The Labute approximate surface area is 85.4 Å². The van der Waals surface area contributed by atoms with Crippen LogP contribution in [0.4, 0.5) is 0 Å². The Morgan fingerprint density at radius 1 is 1.21 bits per heavy atom. The molecule has 86 valence electrons. The van der Waals surface area contributed by atoms with Gasteiger partial charge in [0, 0.05) is 20.2 Å². The molecular weight excluding hydrogens is 186 g/mol. The second-order valence-corrected chi connectivity index (χ2v) is 2.58. The average molecular weight is 207 g/mol. The summed E-state index contributed by atoms with van der Waals surface area (Å²) in [6.07, 6.45) is 0.111. The van der Waals surface area contributed by atoms with Crippen LogP contribution in [0.25, 0.3) is 0 Å². The van der Waals surface area contributed by atoms with Gasteiger partial charge in [-0.1, -0.05) is 6.92 Å². The van der Waals surface area contributed by atoms with Crippen molar-refractivity contribution < 1.29 is 24.7 Å². The second kappa shape index (κ2) is 14.9. The van der Waals surface area contributed by atoms with Gasteiger partial charge in [-0.2, -0.15) is 0 Å². The number of carbonyl (C=O) groups excluding carboxylic acids is 1. The number of quaternary nitrogens is 1. The maximum Gasteiger partial charge on any atom is 0.0993 e. The number of hydrogen-bond donors (Lipinski definition) is 1. The van der Waals surface area contributed by atoms with Crippen molar-refractivity contribution in [2.75, 3.05) is 40.5 Å². The molecule has 0 saturated carbocycles. The van der Waals surface area contributed by atoms with Crippen LogP contribution in [0.5, 0.6) is 0 Å². The van der Waals surface area contributed by atoms with Crippen LogP contribution in [0, 0.1) is 0 Å². The van der Waals surface area contributed by atoms with E-state index in [1.165, 1.54) is 6.92 Å². The molecule has 0 aromatic rings. The largest absolute Gasteiger partial charge is 0.550 e. The molecule has 0 unspecified atom stereocenters.